The third-order valence-corrected chi connectivity index (χ3v) is 3.03. The maximum atomic E-state index is 9.53. The second kappa shape index (κ2) is 3.55. The van der Waals surface area contributed by atoms with Gasteiger partial charge in [0, 0.05) is 0 Å². The molecule has 0 radical (unpaired) electrons. The Morgan fingerprint density at radius 3 is 2.64 bits per heavy atom. The first-order valence-electron chi connectivity index (χ1n) is 3.69. The molecule has 0 fully saturated rings. The van der Waals surface area contributed by atoms with Gasteiger partial charge in [0.05, 0.1) is 5.56 Å². The van der Waals surface area contributed by atoms with Crippen LogP contribution in [0.15, 0.2) is 22.1 Å². The summed E-state index contributed by atoms with van der Waals surface area (Å²) in [5.41, 5.74) is 0.480. The van der Waals surface area contributed by atoms with Crippen LogP contribution in [0.3, 0.4) is 0 Å². The number of nitrogens with zero attached hydrogens (tertiary/aromatic N) is 2. The van der Waals surface area contributed by atoms with E-state index in [4.69, 9.17) is 0 Å². The topological polar surface area (TPSA) is 66.2 Å². The SMILES string of the molecule is Oc1cccc(-c2nnc(Br)s2)c1O. The van der Waals surface area contributed by atoms with Gasteiger partial charge < -0.3 is 10.2 Å². The first-order chi connectivity index (χ1) is 6.68. The zero-order valence-corrected chi connectivity index (χ0v) is 9.21. The lowest BCUT2D eigenvalue weighted by Gasteiger charge is -2.00. The summed E-state index contributed by atoms with van der Waals surface area (Å²) in [6, 6.07) is 4.72. The molecule has 0 bridgehead atoms. The lowest BCUT2D eigenvalue weighted by atomic mass is 10.2. The fraction of sp³-hybridized carbons (Fsp3) is 0. The summed E-state index contributed by atoms with van der Waals surface area (Å²) in [5.74, 6) is -0.329. The summed E-state index contributed by atoms with van der Waals surface area (Å²) >= 11 is 4.46. The van der Waals surface area contributed by atoms with Crippen LogP contribution in [0.25, 0.3) is 10.6 Å². The van der Waals surface area contributed by atoms with Crippen molar-refractivity contribution in [3.05, 3.63) is 22.1 Å². The minimum atomic E-state index is -0.170. The molecule has 2 aromatic rings. The first kappa shape index (κ1) is 9.42. The Bertz CT molecular complexity index is 472. The largest absolute Gasteiger partial charge is 0.504 e. The fourth-order valence-electron chi connectivity index (χ4n) is 1.02. The molecule has 0 aliphatic heterocycles. The van der Waals surface area contributed by atoms with Crippen LogP contribution < -0.4 is 0 Å². The van der Waals surface area contributed by atoms with Gasteiger partial charge in [0.25, 0.3) is 0 Å². The van der Waals surface area contributed by atoms with Crippen molar-refractivity contribution in [2.45, 2.75) is 0 Å². The molecule has 0 saturated carbocycles. The molecular formula is C8H5BrN2O2S. The molecule has 2 rings (SSSR count). The van der Waals surface area contributed by atoms with Gasteiger partial charge in [0.15, 0.2) is 20.4 Å². The van der Waals surface area contributed by atoms with Gasteiger partial charge in [-0.2, -0.15) is 0 Å². The number of hydrogen-bond acceptors (Lipinski definition) is 5. The van der Waals surface area contributed by atoms with Gasteiger partial charge in [0.2, 0.25) is 0 Å². The summed E-state index contributed by atoms with van der Waals surface area (Å²) in [6.45, 7) is 0. The number of phenols is 2. The van der Waals surface area contributed by atoms with Crippen molar-refractivity contribution >= 4 is 27.3 Å². The molecule has 14 heavy (non-hydrogen) atoms. The van der Waals surface area contributed by atoms with E-state index in [0.29, 0.717) is 14.5 Å². The lowest BCUT2D eigenvalue weighted by molar-refractivity contribution is 0.405. The summed E-state index contributed by atoms with van der Waals surface area (Å²) in [5, 5.41) is 27.0. The Labute approximate surface area is 92.0 Å². The quantitative estimate of drug-likeness (QED) is 0.783. The molecule has 72 valence electrons. The van der Waals surface area contributed by atoms with Crippen molar-refractivity contribution in [3.63, 3.8) is 0 Å². The number of benzene rings is 1. The van der Waals surface area contributed by atoms with E-state index in [-0.39, 0.29) is 11.5 Å². The van der Waals surface area contributed by atoms with Crippen LogP contribution in [0.5, 0.6) is 11.5 Å². The first-order valence-corrected chi connectivity index (χ1v) is 5.30. The van der Waals surface area contributed by atoms with Gasteiger partial charge in [-0.3, -0.25) is 0 Å². The van der Waals surface area contributed by atoms with E-state index < -0.39 is 0 Å². The molecule has 4 nitrogen and oxygen atoms in total. The molecule has 1 aromatic carbocycles. The highest BCUT2D eigenvalue weighted by molar-refractivity contribution is 9.11. The number of hydrogen-bond donors (Lipinski definition) is 2. The van der Waals surface area contributed by atoms with Gasteiger partial charge in [-0.05, 0) is 28.1 Å². The van der Waals surface area contributed by atoms with Crippen molar-refractivity contribution in [2.75, 3.05) is 0 Å². The minimum Gasteiger partial charge on any atom is -0.504 e. The summed E-state index contributed by atoms with van der Waals surface area (Å²) in [4.78, 5) is 0. The molecule has 6 heteroatoms. The molecule has 1 aromatic heterocycles. The van der Waals surface area contributed by atoms with E-state index in [1.54, 1.807) is 12.1 Å². The summed E-state index contributed by atoms with van der Waals surface area (Å²) in [7, 11) is 0. The molecule has 0 spiro atoms. The molecule has 0 amide bonds. The molecule has 0 aliphatic carbocycles. The van der Waals surface area contributed by atoms with E-state index in [9.17, 15) is 10.2 Å². The Morgan fingerprint density at radius 1 is 1.21 bits per heavy atom. The van der Waals surface area contributed by atoms with Crippen LogP contribution in [-0.2, 0) is 0 Å². The number of halogens is 1. The highest BCUT2D eigenvalue weighted by Crippen LogP contribution is 2.37. The molecular weight excluding hydrogens is 268 g/mol. The van der Waals surface area contributed by atoms with Crippen molar-refractivity contribution in [1.82, 2.24) is 10.2 Å². The summed E-state index contributed by atoms with van der Waals surface area (Å²) in [6.07, 6.45) is 0. The third kappa shape index (κ3) is 1.58. The average molecular weight is 273 g/mol. The second-order valence-corrected chi connectivity index (χ2v) is 4.79. The van der Waals surface area contributed by atoms with Crippen molar-refractivity contribution < 1.29 is 10.2 Å². The number of phenolic OH excluding ortho intramolecular Hbond substituents is 2. The molecule has 0 aliphatic rings. The van der Waals surface area contributed by atoms with Crippen LogP contribution in [0.4, 0.5) is 0 Å². The predicted molar refractivity (Wildman–Crippen MR) is 56.4 cm³/mol. The van der Waals surface area contributed by atoms with E-state index >= 15 is 0 Å². The molecule has 1 heterocycles. The van der Waals surface area contributed by atoms with E-state index in [0.717, 1.165) is 0 Å². The van der Waals surface area contributed by atoms with E-state index in [1.807, 2.05) is 0 Å². The van der Waals surface area contributed by atoms with Crippen LogP contribution in [0.1, 0.15) is 0 Å². The fourth-order valence-corrected chi connectivity index (χ4v) is 2.15. The predicted octanol–water partition coefficient (Wildman–Crippen LogP) is 2.38. The van der Waals surface area contributed by atoms with Crippen molar-refractivity contribution in [1.29, 1.82) is 0 Å². The zero-order chi connectivity index (χ0) is 10.1. The number of rotatable bonds is 1. The second-order valence-electron chi connectivity index (χ2n) is 2.53. The Hall–Kier alpha value is -1.14. The summed E-state index contributed by atoms with van der Waals surface area (Å²) < 4.78 is 0.634. The normalized spacial score (nSPS) is 10.4. The van der Waals surface area contributed by atoms with Gasteiger partial charge in [-0.25, -0.2) is 0 Å². The van der Waals surface area contributed by atoms with Crippen LogP contribution >= 0.6 is 27.3 Å². The average Bonchev–Trinajstić information content (AvgIpc) is 2.57. The standard InChI is InChI=1S/C8H5BrN2O2S/c9-8-11-10-7(14-8)4-2-1-3-5(12)6(4)13/h1-3,12-13H. The van der Waals surface area contributed by atoms with Gasteiger partial charge in [-0.1, -0.05) is 17.4 Å². The Morgan fingerprint density at radius 2 is 2.00 bits per heavy atom. The smallest absolute Gasteiger partial charge is 0.183 e. The monoisotopic (exact) mass is 272 g/mol. The molecule has 2 N–H and O–H groups in total. The molecule has 0 unspecified atom stereocenters. The maximum Gasteiger partial charge on any atom is 0.183 e. The third-order valence-electron chi connectivity index (χ3n) is 1.65. The lowest BCUT2D eigenvalue weighted by Crippen LogP contribution is -1.78. The zero-order valence-electron chi connectivity index (χ0n) is 6.81. The van der Waals surface area contributed by atoms with Gasteiger partial charge >= 0.3 is 0 Å². The van der Waals surface area contributed by atoms with Crippen LogP contribution in [-0.4, -0.2) is 20.4 Å². The van der Waals surface area contributed by atoms with E-state index in [2.05, 4.69) is 26.1 Å². The van der Waals surface area contributed by atoms with Crippen LogP contribution in [0.2, 0.25) is 0 Å². The maximum absolute atomic E-state index is 9.53. The Kier molecular flexibility index (Phi) is 2.39. The van der Waals surface area contributed by atoms with Crippen molar-refractivity contribution in [2.24, 2.45) is 0 Å². The highest BCUT2D eigenvalue weighted by atomic mass is 79.9. The minimum absolute atomic E-state index is 0.158. The number of aromatic hydroxyl groups is 2. The van der Waals surface area contributed by atoms with Crippen molar-refractivity contribution in [3.8, 4) is 22.1 Å². The number of para-hydroxylation sites is 1. The van der Waals surface area contributed by atoms with Gasteiger partial charge in [-0.15, -0.1) is 10.2 Å². The number of aromatic nitrogens is 2. The molecule has 0 saturated heterocycles. The highest BCUT2D eigenvalue weighted by Gasteiger charge is 2.11. The van der Waals surface area contributed by atoms with E-state index in [1.165, 1.54) is 17.4 Å². The Balaban J connectivity index is 2.57. The molecule has 0 atom stereocenters. The van der Waals surface area contributed by atoms with Crippen LogP contribution in [0, 0.1) is 0 Å². The van der Waals surface area contributed by atoms with Gasteiger partial charge in [0.1, 0.15) is 0 Å².